The Morgan fingerprint density at radius 3 is 2.22 bits per heavy atom. The molecule has 3 aliphatic heterocycles. The highest BCUT2D eigenvalue weighted by molar-refractivity contribution is 6.25. The summed E-state index contributed by atoms with van der Waals surface area (Å²) in [5, 5.41) is 27.1. The summed E-state index contributed by atoms with van der Waals surface area (Å²) < 4.78 is 0. The summed E-state index contributed by atoms with van der Waals surface area (Å²) in [5.41, 5.74) is 9.22. The molecule has 2 aromatic carbocycles. The highest BCUT2D eigenvalue weighted by Crippen LogP contribution is 2.34. The quantitative estimate of drug-likeness (QED) is 0.104. The number of nitrogens with one attached hydrogen (secondary N) is 3. The number of nitrogens with zero attached hydrogens (tertiary/aromatic N) is 4. The number of phenolic OH excluding ortho intramolecular Hbond substituents is 1. The van der Waals surface area contributed by atoms with Gasteiger partial charge < -0.3 is 31.7 Å². The molecular weight excluding hydrogens is 688 g/mol. The van der Waals surface area contributed by atoms with Gasteiger partial charge in [0.05, 0.1) is 28.2 Å². The number of phenols is 1. The van der Waals surface area contributed by atoms with Crippen molar-refractivity contribution in [2.24, 2.45) is 0 Å². The molecule has 2 fully saturated rings. The number of nitrogens with two attached hydrogens (primary N) is 1. The van der Waals surface area contributed by atoms with Crippen molar-refractivity contribution in [1.82, 2.24) is 25.7 Å². The molecule has 284 valence electrons. The molecule has 1 aromatic heterocycles. The van der Waals surface area contributed by atoms with E-state index in [0.29, 0.717) is 48.5 Å². The smallest absolute Gasteiger partial charge is 0.264 e. The summed E-state index contributed by atoms with van der Waals surface area (Å²) >= 11 is 0. The Bertz CT molecular complexity index is 1920. The van der Waals surface area contributed by atoms with Crippen LogP contribution in [0.3, 0.4) is 0 Å². The van der Waals surface area contributed by atoms with Gasteiger partial charge in [0.1, 0.15) is 11.8 Å². The van der Waals surface area contributed by atoms with Crippen molar-refractivity contribution in [2.45, 2.75) is 95.6 Å². The monoisotopic (exact) mass is 736 g/mol. The number of imide groups is 1. The number of piperidine rings is 2. The van der Waals surface area contributed by atoms with Crippen molar-refractivity contribution >= 4 is 46.7 Å². The SMILES string of the molecule is C=C1CCC(N2C(=O)c3cccc(NC(=O)CCCCCCCCCC(=O)NC4CCN(c5cc(-c6ccccc6O)nnc5N)CC4)c3C2=O)C(=O)N1. The van der Waals surface area contributed by atoms with Gasteiger partial charge >= 0.3 is 0 Å². The lowest BCUT2D eigenvalue weighted by Gasteiger charge is -2.34. The van der Waals surface area contributed by atoms with Crippen molar-refractivity contribution in [3.63, 3.8) is 0 Å². The highest BCUT2D eigenvalue weighted by Gasteiger charge is 2.45. The van der Waals surface area contributed by atoms with Gasteiger partial charge in [-0.05, 0) is 68.9 Å². The van der Waals surface area contributed by atoms with E-state index in [1.54, 1.807) is 30.3 Å². The van der Waals surface area contributed by atoms with Gasteiger partial charge in [0.25, 0.3) is 11.8 Å². The van der Waals surface area contributed by atoms with Gasteiger partial charge in [-0.25, -0.2) is 0 Å². The van der Waals surface area contributed by atoms with Crippen LogP contribution in [0.4, 0.5) is 17.2 Å². The maximum Gasteiger partial charge on any atom is 0.264 e. The number of para-hydroxylation sites is 1. The van der Waals surface area contributed by atoms with E-state index < -0.39 is 23.8 Å². The number of carbonyl (C=O) groups is 5. The number of aromatic hydroxyl groups is 1. The minimum absolute atomic E-state index is 0.0694. The van der Waals surface area contributed by atoms with Crippen molar-refractivity contribution in [1.29, 1.82) is 0 Å². The van der Waals surface area contributed by atoms with E-state index in [9.17, 15) is 29.1 Å². The molecule has 2 saturated heterocycles. The molecule has 1 atom stereocenters. The third-order valence-electron chi connectivity index (χ3n) is 10.3. The molecule has 54 heavy (non-hydrogen) atoms. The molecule has 0 bridgehead atoms. The second-order valence-electron chi connectivity index (χ2n) is 14.2. The van der Waals surface area contributed by atoms with Crippen LogP contribution in [0, 0.1) is 0 Å². The molecular formula is C40H48N8O6. The molecule has 3 aromatic rings. The van der Waals surface area contributed by atoms with Crippen LogP contribution in [0.25, 0.3) is 11.3 Å². The lowest BCUT2D eigenvalue weighted by Crippen LogP contribution is -2.51. The Balaban J connectivity index is 0.831. The molecule has 14 nitrogen and oxygen atoms in total. The maximum absolute atomic E-state index is 13.3. The van der Waals surface area contributed by atoms with Gasteiger partial charge in [-0.2, -0.15) is 0 Å². The lowest BCUT2D eigenvalue weighted by atomic mass is 10.0. The van der Waals surface area contributed by atoms with E-state index in [1.165, 1.54) is 6.07 Å². The Labute approximate surface area is 314 Å². The van der Waals surface area contributed by atoms with E-state index in [4.69, 9.17) is 5.73 Å². The normalized spacial score (nSPS) is 17.4. The molecule has 14 heteroatoms. The first-order valence-corrected chi connectivity index (χ1v) is 18.9. The summed E-state index contributed by atoms with van der Waals surface area (Å²) in [6, 6.07) is 12.8. The number of anilines is 3. The van der Waals surface area contributed by atoms with Crippen LogP contribution in [0.2, 0.25) is 0 Å². The second-order valence-corrected chi connectivity index (χ2v) is 14.2. The molecule has 0 saturated carbocycles. The Morgan fingerprint density at radius 1 is 0.852 bits per heavy atom. The number of aromatic nitrogens is 2. The number of hydrogen-bond donors (Lipinski definition) is 5. The summed E-state index contributed by atoms with van der Waals surface area (Å²) in [5.74, 6) is -1.25. The fourth-order valence-corrected chi connectivity index (χ4v) is 7.40. The number of benzene rings is 2. The van der Waals surface area contributed by atoms with Crippen LogP contribution in [-0.4, -0.2) is 74.9 Å². The van der Waals surface area contributed by atoms with Crippen LogP contribution in [0.5, 0.6) is 5.75 Å². The van der Waals surface area contributed by atoms with Crippen molar-refractivity contribution in [3.05, 3.63) is 71.9 Å². The van der Waals surface area contributed by atoms with Crippen LogP contribution < -0.4 is 26.6 Å². The lowest BCUT2D eigenvalue weighted by molar-refractivity contribution is -0.125. The van der Waals surface area contributed by atoms with Crippen LogP contribution in [0.1, 0.15) is 104 Å². The van der Waals surface area contributed by atoms with E-state index in [2.05, 4.69) is 37.6 Å². The third kappa shape index (κ3) is 8.87. The number of rotatable bonds is 15. The van der Waals surface area contributed by atoms with Crippen molar-refractivity contribution in [2.75, 3.05) is 29.0 Å². The number of amides is 5. The minimum Gasteiger partial charge on any atom is -0.507 e. The Morgan fingerprint density at radius 2 is 1.52 bits per heavy atom. The Kier molecular flexibility index (Phi) is 12.2. The van der Waals surface area contributed by atoms with Gasteiger partial charge in [0.2, 0.25) is 17.7 Å². The van der Waals surface area contributed by atoms with E-state index in [0.717, 1.165) is 75.0 Å². The molecule has 1 unspecified atom stereocenters. The first-order valence-electron chi connectivity index (χ1n) is 18.9. The first kappa shape index (κ1) is 38.0. The number of unbranched alkanes of at least 4 members (excludes halogenated alkanes) is 6. The molecule has 0 aliphatic carbocycles. The highest BCUT2D eigenvalue weighted by atomic mass is 16.3. The largest absolute Gasteiger partial charge is 0.507 e. The van der Waals surface area contributed by atoms with Crippen LogP contribution in [-0.2, 0) is 14.4 Å². The topological polar surface area (TPSA) is 200 Å². The number of nitrogen functional groups attached to an aromatic ring is 1. The van der Waals surface area contributed by atoms with Gasteiger partial charge in [-0.3, -0.25) is 28.9 Å². The van der Waals surface area contributed by atoms with E-state index in [-0.39, 0.29) is 46.8 Å². The number of hydrogen-bond acceptors (Lipinski definition) is 10. The van der Waals surface area contributed by atoms with Crippen LogP contribution >= 0.6 is 0 Å². The fourth-order valence-electron chi connectivity index (χ4n) is 7.40. The molecule has 6 N–H and O–H groups in total. The van der Waals surface area contributed by atoms with Crippen molar-refractivity contribution in [3.8, 4) is 17.0 Å². The van der Waals surface area contributed by atoms with Crippen LogP contribution in [0.15, 0.2) is 60.8 Å². The summed E-state index contributed by atoms with van der Waals surface area (Å²) in [4.78, 5) is 67.5. The van der Waals surface area contributed by atoms with E-state index in [1.807, 2.05) is 12.1 Å². The zero-order valence-electron chi connectivity index (χ0n) is 30.4. The molecule has 3 aliphatic rings. The fraction of sp³-hybridized carbons (Fsp3) is 0.425. The molecule has 6 rings (SSSR count). The summed E-state index contributed by atoms with van der Waals surface area (Å²) in [6.07, 6.45) is 9.49. The average molecular weight is 737 g/mol. The molecule has 0 radical (unpaired) electrons. The second kappa shape index (κ2) is 17.4. The summed E-state index contributed by atoms with van der Waals surface area (Å²) in [6.45, 7) is 5.19. The molecule has 0 spiro atoms. The van der Waals surface area contributed by atoms with Crippen molar-refractivity contribution < 1.29 is 29.1 Å². The van der Waals surface area contributed by atoms with E-state index >= 15 is 0 Å². The standard InChI is InChI=1S/C40H48N8O6/c1-25-18-19-31(38(52)42-25)48-39(53)28-13-11-14-29(36(28)40(48)54)44-35(51)17-8-6-4-2-3-5-7-16-34(50)43-26-20-22-47(23-21-26)32-24-30(45-46-37(32)41)27-12-9-10-15-33(27)49/h9-15,24,26,31,49H,1-8,16-23H2,(H2,41,46)(H,42,52)(H,43,50)(H,44,51). The van der Waals surface area contributed by atoms with Gasteiger partial charge in [0, 0.05) is 43.2 Å². The zero-order valence-corrected chi connectivity index (χ0v) is 30.4. The first-order chi connectivity index (χ1) is 26.1. The van der Waals surface area contributed by atoms with Gasteiger partial charge in [-0.15, -0.1) is 10.2 Å². The molecule has 5 amide bonds. The van der Waals surface area contributed by atoms with Gasteiger partial charge in [0.15, 0.2) is 5.82 Å². The zero-order chi connectivity index (χ0) is 38.2. The molecule has 4 heterocycles. The number of fused-ring (bicyclic) bond motifs is 1. The predicted octanol–water partition coefficient (Wildman–Crippen LogP) is 5.05. The predicted molar refractivity (Wildman–Crippen MR) is 204 cm³/mol. The average Bonchev–Trinajstić information content (AvgIpc) is 3.41. The van der Waals surface area contributed by atoms with Gasteiger partial charge in [-0.1, -0.05) is 56.9 Å². The minimum atomic E-state index is -0.912. The number of carbonyl (C=O) groups excluding carboxylic acids is 5. The maximum atomic E-state index is 13.3. The third-order valence-corrected chi connectivity index (χ3v) is 10.3. The number of allylic oxidation sites excluding steroid dienone is 1. The summed E-state index contributed by atoms with van der Waals surface area (Å²) in [7, 11) is 0. The Hall–Kier alpha value is -5.79.